The van der Waals surface area contributed by atoms with E-state index in [4.69, 9.17) is 5.73 Å². The monoisotopic (exact) mass is 315 g/mol. The Kier molecular flexibility index (Phi) is 4.78. The molecule has 0 aliphatic rings. The minimum Gasteiger partial charge on any atom is -0.378 e. The topological polar surface area (TPSA) is 107 Å². The number of rotatable bonds is 5. The van der Waals surface area contributed by atoms with Crippen molar-refractivity contribution >= 4 is 17.5 Å². The van der Waals surface area contributed by atoms with E-state index in [-0.39, 0.29) is 23.0 Å². The lowest BCUT2D eigenvalue weighted by Gasteiger charge is -2.31. The number of hydrogen-bond donors (Lipinski definition) is 2. The third-order valence-electron chi connectivity index (χ3n) is 3.63. The van der Waals surface area contributed by atoms with Crippen molar-refractivity contribution in [2.24, 2.45) is 5.41 Å². The normalized spacial score (nSPS) is 12.7. The zero-order valence-electron chi connectivity index (χ0n) is 13.5. The van der Waals surface area contributed by atoms with Gasteiger partial charge < -0.3 is 11.1 Å². The molecule has 0 amide bonds. The van der Waals surface area contributed by atoms with Gasteiger partial charge in [-0.2, -0.15) is 4.98 Å². The number of nitrogens with zero attached hydrogens (tertiary/aromatic N) is 3. The zero-order valence-corrected chi connectivity index (χ0v) is 13.5. The Hall–Kier alpha value is -2.70. The van der Waals surface area contributed by atoms with Gasteiger partial charge in [0.2, 0.25) is 11.8 Å². The number of nitrogens with one attached hydrogen (secondary N) is 1. The summed E-state index contributed by atoms with van der Waals surface area (Å²) in [6, 6.07) is 10.1. The summed E-state index contributed by atoms with van der Waals surface area (Å²) in [5.41, 5.74) is 6.47. The van der Waals surface area contributed by atoms with Crippen LogP contribution in [0.15, 0.2) is 36.5 Å². The summed E-state index contributed by atoms with van der Waals surface area (Å²) >= 11 is 0. The molecule has 1 aromatic carbocycles. The van der Waals surface area contributed by atoms with Gasteiger partial charge in [-0.3, -0.25) is 10.1 Å². The zero-order chi connectivity index (χ0) is 17.0. The van der Waals surface area contributed by atoms with E-state index in [9.17, 15) is 10.1 Å². The minimum absolute atomic E-state index is 0.0470. The number of nitrogens with two attached hydrogens (primary N) is 1. The lowest BCUT2D eigenvalue weighted by Crippen LogP contribution is -2.36. The highest BCUT2D eigenvalue weighted by atomic mass is 16.6. The van der Waals surface area contributed by atoms with Crippen LogP contribution in [-0.2, 0) is 6.42 Å². The van der Waals surface area contributed by atoms with Crippen LogP contribution >= 0.6 is 0 Å². The molecule has 3 N–H and O–H groups in total. The summed E-state index contributed by atoms with van der Waals surface area (Å²) in [4.78, 5) is 18.2. The van der Waals surface area contributed by atoms with E-state index in [1.807, 2.05) is 18.2 Å². The van der Waals surface area contributed by atoms with Crippen molar-refractivity contribution in [3.63, 3.8) is 0 Å². The van der Waals surface area contributed by atoms with Crippen molar-refractivity contribution in [2.45, 2.75) is 33.2 Å². The smallest absolute Gasteiger partial charge is 0.329 e. The fourth-order valence-corrected chi connectivity index (χ4v) is 2.18. The Morgan fingerprint density at radius 3 is 2.48 bits per heavy atom. The van der Waals surface area contributed by atoms with Gasteiger partial charge in [0.1, 0.15) is 6.20 Å². The Labute approximate surface area is 135 Å². The molecule has 0 saturated carbocycles. The van der Waals surface area contributed by atoms with Crippen LogP contribution in [0.3, 0.4) is 0 Å². The van der Waals surface area contributed by atoms with E-state index in [2.05, 4.69) is 48.2 Å². The highest BCUT2D eigenvalue weighted by molar-refractivity contribution is 5.53. The van der Waals surface area contributed by atoms with Crippen LogP contribution in [0, 0.1) is 15.5 Å². The van der Waals surface area contributed by atoms with Crippen LogP contribution in [0.5, 0.6) is 0 Å². The van der Waals surface area contributed by atoms with Gasteiger partial charge in [-0.05, 0) is 17.4 Å². The maximum Gasteiger partial charge on any atom is 0.329 e. The maximum atomic E-state index is 10.8. The molecule has 122 valence electrons. The molecule has 0 aliphatic heterocycles. The largest absolute Gasteiger partial charge is 0.378 e. The molecule has 7 heteroatoms. The van der Waals surface area contributed by atoms with Gasteiger partial charge in [0.15, 0.2) is 0 Å². The molecule has 1 aromatic heterocycles. The lowest BCUT2D eigenvalue weighted by molar-refractivity contribution is -0.384. The van der Waals surface area contributed by atoms with Crippen LogP contribution in [0.1, 0.15) is 26.3 Å². The molecule has 0 spiro atoms. The van der Waals surface area contributed by atoms with Gasteiger partial charge in [-0.1, -0.05) is 51.1 Å². The van der Waals surface area contributed by atoms with Gasteiger partial charge in [0.25, 0.3) is 0 Å². The van der Waals surface area contributed by atoms with E-state index in [1.165, 1.54) is 5.56 Å². The summed E-state index contributed by atoms with van der Waals surface area (Å²) in [6.07, 6.45) is 1.91. The number of anilines is 2. The Morgan fingerprint density at radius 2 is 1.96 bits per heavy atom. The van der Waals surface area contributed by atoms with Crippen molar-refractivity contribution in [2.75, 3.05) is 11.1 Å². The highest BCUT2D eigenvalue weighted by Gasteiger charge is 2.26. The summed E-state index contributed by atoms with van der Waals surface area (Å²) in [6.45, 7) is 6.34. The van der Waals surface area contributed by atoms with E-state index < -0.39 is 4.92 Å². The minimum atomic E-state index is -0.593. The lowest BCUT2D eigenvalue weighted by atomic mass is 9.83. The molecule has 0 saturated heterocycles. The number of aromatic nitrogens is 2. The van der Waals surface area contributed by atoms with Gasteiger partial charge in [0, 0.05) is 6.04 Å². The standard InChI is InChI=1S/C16H21N5O2/c1-16(2,3)13(9-11-7-5-4-6-8-11)19-15-18-10-12(21(22)23)14(17)20-15/h4-8,10,13H,9H2,1-3H3,(H3,17,18,19,20). The Morgan fingerprint density at radius 1 is 1.30 bits per heavy atom. The van der Waals surface area contributed by atoms with E-state index >= 15 is 0 Å². The summed E-state index contributed by atoms with van der Waals surface area (Å²) in [5, 5.41) is 14.0. The first-order chi connectivity index (χ1) is 10.8. The molecule has 0 fully saturated rings. The summed E-state index contributed by atoms with van der Waals surface area (Å²) in [5.74, 6) is 0.156. The number of hydrogen-bond acceptors (Lipinski definition) is 6. The Bertz CT molecular complexity index is 683. The quantitative estimate of drug-likeness (QED) is 0.648. The molecule has 2 aromatic rings. The third-order valence-corrected chi connectivity index (χ3v) is 3.63. The number of nitrogen functional groups attached to an aromatic ring is 1. The van der Waals surface area contributed by atoms with Crippen molar-refractivity contribution in [3.05, 3.63) is 52.2 Å². The molecule has 0 bridgehead atoms. The van der Waals surface area contributed by atoms with Gasteiger partial charge >= 0.3 is 5.69 Å². The van der Waals surface area contributed by atoms with Crippen LogP contribution in [0.2, 0.25) is 0 Å². The molecule has 2 rings (SSSR count). The highest BCUT2D eigenvalue weighted by Crippen LogP contribution is 2.26. The van der Waals surface area contributed by atoms with Crippen molar-refractivity contribution in [1.82, 2.24) is 9.97 Å². The predicted octanol–water partition coefficient (Wildman–Crippen LogP) is 3.04. The molecule has 0 radical (unpaired) electrons. The second kappa shape index (κ2) is 6.60. The first-order valence-electron chi connectivity index (χ1n) is 7.34. The third kappa shape index (κ3) is 4.38. The summed E-state index contributed by atoms with van der Waals surface area (Å²) in [7, 11) is 0. The number of nitro groups is 1. The fourth-order valence-electron chi connectivity index (χ4n) is 2.18. The fraction of sp³-hybridized carbons (Fsp3) is 0.375. The predicted molar refractivity (Wildman–Crippen MR) is 90.1 cm³/mol. The number of benzene rings is 1. The average Bonchev–Trinajstić information content (AvgIpc) is 2.46. The van der Waals surface area contributed by atoms with Gasteiger partial charge in [0.05, 0.1) is 4.92 Å². The molecule has 23 heavy (non-hydrogen) atoms. The molecule has 1 heterocycles. The SMILES string of the molecule is CC(C)(C)C(Cc1ccccc1)Nc1ncc([N+](=O)[O-])c(N)n1. The Balaban J connectivity index is 2.21. The van der Waals surface area contributed by atoms with Crippen molar-refractivity contribution in [1.29, 1.82) is 0 Å². The molecule has 1 unspecified atom stereocenters. The molecular formula is C16H21N5O2. The second-order valence-electron chi connectivity index (χ2n) is 6.47. The van der Waals surface area contributed by atoms with E-state index in [0.29, 0.717) is 5.95 Å². The van der Waals surface area contributed by atoms with Crippen LogP contribution in [-0.4, -0.2) is 20.9 Å². The van der Waals surface area contributed by atoms with Crippen molar-refractivity contribution in [3.8, 4) is 0 Å². The summed E-state index contributed by atoms with van der Waals surface area (Å²) < 4.78 is 0. The second-order valence-corrected chi connectivity index (χ2v) is 6.47. The van der Waals surface area contributed by atoms with E-state index in [0.717, 1.165) is 12.6 Å². The van der Waals surface area contributed by atoms with Crippen LogP contribution in [0.25, 0.3) is 0 Å². The van der Waals surface area contributed by atoms with Gasteiger partial charge in [-0.15, -0.1) is 0 Å². The maximum absolute atomic E-state index is 10.8. The molecular weight excluding hydrogens is 294 g/mol. The molecule has 1 atom stereocenters. The average molecular weight is 315 g/mol. The van der Waals surface area contributed by atoms with E-state index in [1.54, 1.807) is 0 Å². The van der Waals surface area contributed by atoms with Gasteiger partial charge in [-0.25, -0.2) is 4.98 Å². The molecule has 7 nitrogen and oxygen atoms in total. The van der Waals surface area contributed by atoms with Crippen molar-refractivity contribution < 1.29 is 4.92 Å². The van der Waals surface area contributed by atoms with Crippen LogP contribution < -0.4 is 11.1 Å². The molecule has 0 aliphatic carbocycles. The first kappa shape index (κ1) is 16.7. The first-order valence-corrected chi connectivity index (χ1v) is 7.34. The van der Waals surface area contributed by atoms with Crippen LogP contribution in [0.4, 0.5) is 17.5 Å².